The van der Waals surface area contributed by atoms with Gasteiger partial charge in [-0.25, -0.2) is 4.99 Å². The summed E-state index contributed by atoms with van der Waals surface area (Å²) in [6, 6.07) is -0.254. The summed E-state index contributed by atoms with van der Waals surface area (Å²) in [5.74, 6) is 3.24. The number of nitrogens with zero attached hydrogens (tertiary/aromatic N) is 2. The smallest absolute Gasteiger partial charge is 0.218 e. The summed E-state index contributed by atoms with van der Waals surface area (Å²) in [5.41, 5.74) is 1.05. The molecule has 3 heteroatoms. The molecule has 0 saturated heterocycles. The third-order valence-electron chi connectivity index (χ3n) is 2.11. The first-order valence-electron chi connectivity index (χ1n) is 5.06. The maximum absolute atomic E-state index is 5.29. The van der Waals surface area contributed by atoms with Gasteiger partial charge >= 0.3 is 0 Å². The average Bonchev–Trinajstić information content (AvgIpc) is 2.29. The molecule has 0 radical (unpaired) electrons. The largest absolute Gasteiger partial charge is 0.337 e. The Labute approximate surface area is 98.1 Å². The Hall–Kier alpha value is -1.82. The first-order chi connectivity index (χ1) is 7.54. The Bertz CT molecular complexity index is 345. The van der Waals surface area contributed by atoms with E-state index >= 15 is 0 Å². The highest BCUT2D eigenvalue weighted by molar-refractivity contribution is 5.89. The molecule has 0 aliphatic carbocycles. The molecule has 0 heterocycles. The molecule has 0 bridgehead atoms. The molecule has 2 unspecified atom stereocenters. The molecule has 86 valence electrons. The molecule has 0 rings (SSSR count). The lowest BCUT2D eigenvalue weighted by Gasteiger charge is -2.09. The van der Waals surface area contributed by atoms with E-state index in [1.807, 2.05) is 13.8 Å². The Morgan fingerprint density at radius 3 is 2.56 bits per heavy atom. The van der Waals surface area contributed by atoms with Crippen LogP contribution in [-0.4, -0.2) is 25.3 Å². The molecule has 3 nitrogen and oxygen atoms in total. The molecular weight excluding hydrogens is 198 g/mol. The number of aliphatic imine (C=N–C) groups is 2. The van der Waals surface area contributed by atoms with E-state index in [9.17, 15) is 0 Å². The van der Waals surface area contributed by atoms with Crippen molar-refractivity contribution in [3.8, 4) is 12.3 Å². The number of nitrogens with one attached hydrogen (secondary N) is 1. The van der Waals surface area contributed by atoms with E-state index < -0.39 is 0 Å². The van der Waals surface area contributed by atoms with Gasteiger partial charge in [-0.3, -0.25) is 4.99 Å². The van der Waals surface area contributed by atoms with Crippen LogP contribution in [0.5, 0.6) is 0 Å². The SMILES string of the molecule is C#CC(C=C)NC(N=CC(C)C(=C)C)=NC. The van der Waals surface area contributed by atoms with Crippen LogP contribution in [0.15, 0.2) is 34.8 Å². The molecule has 0 saturated carbocycles. The fraction of sp³-hybridized carbons (Fsp3) is 0.385. The van der Waals surface area contributed by atoms with Crippen LogP contribution >= 0.6 is 0 Å². The van der Waals surface area contributed by atoms with E-state index in [-0.39, 0.29) is 12.0 Å². The number of rotatable bonds is 4. The van der Waals surface area contributed by atoms with Crippen molar-refractivity contribution in [3.63, 3.8) is 0 Å². The summed E-state index contributed by atoms with van der Waals surface area (Å²) in [6.07, 6.45) is 8.70. The first kappa shape index (κ1) is 14.2. The zero-order valence-corrected chi connectivity index (χ0v) is 10.2. The molecule has 1 N–H and O–H groups in total. The summed E-state index contributed by atoms with van der Waals surface area (Å²) >= 11 is 0. The van der Waals surface area contributed by atoms with Gasteiger partial charge in [-0.15, -0.1) is 13.0 Å². The lowest BCUT2D eigenvalue weighted by atomic mass is 10.1. The van der Waals surface area contributed by atoms with E-state index in [4.69, 9.17) is 6.42 Å². The summed E-state index contributed by atoms with van der Waals surface area (Å²) in [5, 5.41) is 2.97. The lowest BCUT2D eigenvalue weighted by Crippen LogP contribution is -2.31. The van der Waals surface area contributed by atoms with Gasteiger partial charge in [0.15, 0.2) is 0 Å². The minimum absolute atomic E-state index is 0.214. The Kier molecular flexibility index (Phi) is 6.62. The van der Waals surface area contributed by atoms with Crippen molar-refractivity contribution >= 4 is 12.2 Å². The first-order valence-corrected chi connectivity index (χ1v) is 5.06. The Balaban J connectivity index is 4.50. The van der Waals surface area contributed by atoms with Crippen LogP contribution in [0.2, 0.25) is 0 Å². The third kappa shape index (κ3) is 5.16. The van der Waals surface area contributed by atoms with Crippen LogP contribution in [0.1, 0.15) is 13.8 Å². The normalized spacial score (nSPS) is 15.2. The van der Waals surface area contributed by atoms with E-state index in [0.29, 0.717) is 5.96 Å². The van der Waals surface area contributed by atoms with Crippen molar-refractivity contribution in [1.29, 1.82) is 0 Å². The molecule has 2 atom stereocenters. The monoisotopic (exact) mass is 217 g/mol. The van der Waals surface area contributed by atoms with Gasteiger partial charge < -0.3 is 5.32 Å². The van der Waals surface area contributed by atoms with Crippen LogP contribution in [0.3, 0.4) is 0 Å². The number of guanidine groups is 1. The van der Waals surface area contributed by atoms with Gasteiger partial charge in [0, 0.05) is 19.2 Å². The molecular formula is C13H19N3. The zero-order chi connectivity index (χ0) is 12.6. The van der Waals surface area contributed by atoms with Crippen molar-refractivity contribution in [2.45, 2.75) is 19.9 Å². The van der Waals surface area contributed by atoms with Gasteiger partial charge in [0.05, 0.1) is 0 Å². The Morgan fingerprint density at radius 2 is 2.19 bits per heavy atom. The number of hydrogen-bond donors (Lipinski definition) is 1. The second-order valence-corrected chi connectivity index (χ2v) is 3.48. The van der Waals surface area contributed by atoms with Crippen LogP contribution in [0.25, 0.3) is 0 Å². The van der Waals surface area contributed by atoms with E-state index in [1.165, 1.54) is 0 Å². The molecule has 0 aliphatic heterocycles. The summed E-state index contributed by atoms with van der Waals surface area (Å²) < 4.78 is 0. The summed E-state index contributed by atoms with van der Waals surface area (Å²) in [6.45, 7) is 11.4. The quantitative estimate of drug-likeness (QED) is 0.333. The van der Waals surface area contributed by atoms with E-state index in [2.05, 4.69) is 34.4 Å². The average molecular weight is 217 g/mol. The zero-order valence-electron chi connectivity index (χ0n) is 10.2. The van der Waals surface area contributed by atoms with Gasteiger partial charge in [-0.2, -0.15) is 0 Å². The molecule has 0 aromatic heterocycles. The highest BCUT2D eigenvalue weighted by Gasteiger charge is 2.02. The minimum atomic E-state index is -0.254. The molecule has 0 fully saturated rings. The fourth-order valence-corrected chi connectivity index (χ4v) is 0.777. The number of terminal acetylenes is 1. The molecule has 0 spiro atoms. The minimum Gasteiger partial charge on any atom is -0.337 e. The van der Waals surface area contributed by atoms with Gasteiger partial charge in [0.25, 0.3) is 0 Å². The van der Waals surface area contributed by atoms with E-state index in [0.717, 1.165) is 5.57 Å². The second kappa shape index (κ2) is 7.47. The van der Waals surface area contributed by atoms with Crippen LogP contribution < -0.4 is 5.32 Å². The van der Waals surface area contributed by atoms with Crippen LogP contribution in [-0.2, 0) is 0 Å². The molecule has 0 amide bonds. The van der Waals surface area contributed by atoms with Crippen LogP contribution in [0, 0.1) is 18.3 Å². The summed E-state index contributed by atoms with van der Waals surface area (Å²) in [4.78, 5) is 8.20. The number of allylic oxidation sites excluding steroid dienone is 1. The molecule has 16 heavy (non-hydrogen) atoms. The predicted octanol–water partition coefficient (Wildman–Crippen LogP) is 2.03. The van der Waals surface area contributed by atoms with Crippen LogP contribution in [0.4, 0.5) is 0 Å². The highest BCUT2D eigenvalue weighted by atomic mass is 15.1. The summed E-state index contributed by atoms with van der Waals surface area (Å²) in [7, 11) is 1.65. The van der Waals surface area contributed by atoms with Gasteiger partial charge in [-0.1, -0.05) is 31.1 Å². The third-order valence-corrected chi connectivity index (χ3v) is 2.11. The van der Waals surface area contributed by atoms with Crippen molar-refractivity contribution < 1.29 is 0 Å². The van der Waals surface area contributed by atoms with Gasteiger partial charge in [0.2, 0.25) is 5.96 Å². The Morgan fingerprint density at radius 1 is 1.56 bits per heavy atom. The topological polar surface area (TPSA) is 36.8 Å². The van der Waals surface area contributed by atoms with Crippen molar-refractivity contribution in [2.24, 2.45) is 15.9 Å². The van der Waals surface area contributed by atoms with Crippen molar-refractivity contribution in [3.05, 3.63) is 24.8 Å². The molecule has 0 aliphatic rings. The molecule has 0 aromatic carbocycles. The predicted molar refractivity (Wildman–Crippen MR) is 71.8 cm³/mol. The molecule has 0 aromatic rings. The lowest BCUT2D eigenvalue weighted by molar-refractivity contribution is 0.891. The standard InChI is InChI=1S/C13H19N3/c1-7-12(8-2)16-13(14-6)15-9-11(5)10(3)4/h1,8-9,11-12H,2-3H2,4-6H3,(H,14,16). The van der Waals surface area contributed by atoms with Gasteiger partial charge in [0.1, 0.15) is 6.04 Å². The van der Waals surface area contributed by atoms with Crippen molar-refractivity contribution in [1.82, 2.24) is 5.32 Å². The second-order valence-electron chi connectivity index (χ2n) is 3.48. The maximum Gasteiger partial charge on any atom is 0.218 e. The van der Waals surface area contributed by atoms with Gasteiger partial charge in [-0.05, 0) is 6.92 Å². The highest BCUT2D eigenvalue weighted by Crippen LogP contribution is 2.02. The maximum atomic E-state index is 5.29. The van der Waals surface area contributed by atoms with E-state index in [1.54, 1.807) is 19.3 Å². The fourth-order valence-electron chi connectivity index (χ4n) is 0.777. The number of hydrogen-bond acceptors (Lipinski definition) is 1. The van der Waals surface area contributed by atoms with Crippen molar-refractivity contribution in [2.75, 3.05) is 7.05 Å².